The van der Waals surface area contributed by atoms with Crippen LogP contribution in [0.1, 0.15) is 93.6 Å². The summed E-state index contributed by atoms with van der Waals surface area (Å²) in [7, 11) is 0. The van der Waals surface area contributed by atoms with E-state index in [1.54, 1.807) is 41.5 Å². The summed E-state index contributed by atoms with van der Waals surface area (Å²) in [5.41, 5.74) is 17.1. The summed E-state index contributed by atoms with van der Waals surface area (Å²) in [6.45, 7) is 14.4. The number of aliphatic carboxylic acids is 1. The molecule has 0 bridgehead atoms. The fourth-order valence-corrected chi connectivity index (χ4v) is 6.39. The summed E-state index contributed by atoms with van der Waals surface area (Å²) in [6.07, 6.45) is 0.351. The Morgan fingerprint density at radius 2 is 0.969 bits per heavy atom. The van der Waals surface area contributed by atoms with Crippen LogP contribution in [0, 0.1) is 23.7 Å². The van der Waals surface area contributed by atoms with Crippen LogP contribution in [0.3, 0.4) is 0 Å². The smallest absolute Gasteiger partial charge is 0.326 e. The van der Waals surface area contributed by atoms with Gasteiger partial charge in [0.05, 0.1) is 12.6 Å². The molecule has 22 nitrogen and oxygen atoms in total. The normalized spacial score (nSPS) is 15.0. The first-order chi connectivity index (χ1) is 30.3. The molecule has 0 aliphatic rings. The van der Waals surface area contributed by atoms with Gasteiger partial charge in [0.15, 0.2) is 5.96 Å². The number of carbonyl (C=O) groups is 8. The lowest BCUT2D eigenvalue weighted by Gasteiger charge is -2.29. The van der Waals surface area contributed by atoms with Gasteiger partial charge in [0, 0.05) is 13.0 Å². The number of aliphatic hydroxyl groups is 1. The Balaban J connectivity index is 3.31. The second kappa shape index (κ2) is 28.0. The van der Waals surface area contributed by atoms with Crippen LogP contribution < -0.4 is 54.4 Å². The molecule has 0 saturated heterocycles. The molecule has 0 fully saturated rings. The highest BCUT2D eigenvalue weighted by molar-refractivity contribution is 5.97. The minimum atomic E-state index is -1.60. The molecule has 0 saturated carbocycles. The first kappa shape index (κ1) is 57.0. The number of carbonyl (C=O) groups excluding carboxylic acids is 7. The molecule has 0 spiro atoms. The number of hydrogen-bond acceptors (Lipinski definition) is 12. The fourth-order valence-electron chi connectivity index (χ4n) is 6.39. The van der Waals surface area contributed by atoms with Gasteiger partial charge < -0.3 is 69.7 Å². The molecule has 0 unspecified atom stereocenters. The second-order valence-electron chi connectivity index (χ2n) is 17.7. The molecular weight excluding hydrogens is 847 g/mol. The number of phenols is 1. The van der Waals surface area contributed by atoms with E-state index >= 15 is 0 Å². The van der Waals surface area contributed by atoms with Crippen LogP contribution >= 0.6 is 0 Å². The Bertz CT molecular complexity index is 1780. The Labute approximate surface area is 380 Å². The molecule has 8 atom stereocenters. The van der Waals surface area contributed by atoms with E-state index in [0.29, 0.717) is 5.56 Å². The van der Waals surface area contributed by atoms with Crippen LogP contribution in [0.25, 0.3) is 0 Å². The van der Waals surface area contributed by atoms with Crippen LogP contribution in [0.5, 0.6) is 5.75 Å². The predicted molar refractivity (Wildman–Crippen MR) is 242 cm³/mol. The average molecular weight is 920 g/mol. The van der Waals surface area contributed by atoms with Crippen molar-refractivity contribution in [2.75, 3.05) is 13.2 Å². The monoisotopic (exact) mass is 920 g/mol. The zero-order valence-corrected chi connectivity index (χ0v) is 39.0. The molecule has 65 heavy (non-hydrogen) atoms. The molecule has 1 aromatic carbocycles. The molecule has 0 heterocycles. The van der Waals surface area contributed by atoms with Crippen LogP contribution in [-0.2, 0) is 44.8 Å². The quantitative estimate of drug-likeness (QED) is 0.0251. The minimum Gasteiger partial charge on any atom is -0.508 e. The Morgan fingerprint density at radius 1 is 0.569 bits per heavy atom. The van der Waals surface area contributed by atoms with Crippen molar-refractivity contribution in [3.8, 4) is 5.75 Å². The number of aliphatic imine (C=N–C) groups is 1. The number of nitrogens with two attached hydrogens (primary N) is 3. The van der Waals surface area contributed by atoms with Gasteiger partial charge in [0.1, 0.15) is 48.0 Å². The van der Waals surface area contributed by atoms with Gasteiger partial charge in [-0.1, -0.05) is 67.5 Å². The number of phenolic OH excluding ortho intramolecular Hbond substituents is 1. The summed E-state index contributed by atoms with van der Waals surface area (Å²) in [5.74, 6) is -8.36. The Morgan fingerprint density at radius 3 is 1.37 bits per heavy atom. The number of carboxylic acid groups (broad SMARTS) is 1. The van der Waals surface area contributed by atoms with E-state index in [1.807, 2.05) is 13.8 Å². The van der Waals surface area contributed by atoms with Crippen LogP contribution in [-0.4, -0.2) is 130 Å². The highest BCUT2D eigenvalue weighted by Gasteiger charge is 2.36. The number of carboxylic acids is 1. The number of nitrogens with zero attached hydrogens (tertiary/aromatic N) is 1. The number of rotatable bonds is 28. The van der Waals surface area contributed by atoms with Crippen molar-refractivity contribution >= 4 is 53.3 Å². The van der Waals surface area contributed by atoms with Crippen molar-refractivity contribution in [1.29, 1.82) is 0 Å². The number of amides is 7. The predicted octanol–water partition coefficient (Wildman–Crippen LogP) is -1.79. The van der Waals surface area contributed by atoms with Crippen LogP contribution in [0.4, 0.5) is 0 Å². The van der Waals surface area contributed by atoms with E-state index < -0.39 is 114 Å². The van der Waals surface area contributed by atoms with Crippen molar-refractivity contribution in [1.82, 2.24) is 37.2 Å². The minimum absolute atomic E-state index is 0.0227. The standard InChI is InChI=1S/C43H73N11O11/c1-21(2)17-29(49-35(57)25(9)44)37(59)50-30(18-22(3)4)38(60)52-32(20-55)39(61)54-33(23(5)6)40(62)48-28(11-10-16-47-43(45)46)36(58)53-34(24(7)8)41(63)51-31(42(64)65)19-26-12-14-27(56)15-13-26/h12-15,21-25,28-34,55-56H,10-11,16-20,44H2,1-9H3,(H,48,62)(H,49,57)(H,50,59)(H,51,63)(H,52,60)(H,53,58)(H,54,61)(H,64,65)(H4,45,46,47)/t25-,28-,29-,30-,31-,32-,33-,34-/m0/s1. The van der Waals surface area contributed by atoms with Crippen molar-refractivity contribution in [3.05, 3.63) is 29.8 Å². The molecule has 0 aliphatic carbocycles. The molecule has 7 amide bonds. The molecule has 1 rings (SSSR count). The third-order valence-electron chi connectivity index (χ3n) is 9.97. The van der Waals surface area contributed by atoms with Crippen molar-refractivity contribution in [2.45, 2.75) is 143 Å². The Kier molecular flexibility index (Phi) is 24.5. The van der Waals surface area contributed by atoms with Crippen molar-refractivity contribution in [2.24, 2.45) is 45.9 Å². The number of guanidine groups is 1. The number of aromatic hydroxyl groups is 1. The summed E-state index contributed by atoms with van der Waals surface area (Å²) >= 11 is 0. The van der Waals surface area contributed by atoms with Gasteiger partial charge in [0.2, 0.25) is 41.4 Å². The zero-order valence-electron chi connectivity index (χ0n) is 39.0. The van der Waals surface area contributed by atoms with Gasteiger partial charge in [-0.25, -0.2) is 4.79 Å². The topological polar surface area (TPSA) is 372 Å². The molecule has 0 aliphatic heterocycles. The lowest BCUT2D eigenvalue weighted by atomic mass is 9.99. The summed E-state index contributed by atoms with van der Waals surface area (Å²) in [6, 6.07) is -4.28. The molecule has 366 valence electrons. The lowest BCUT2D eigenvalue weighted by molar-refractivity contribution is -0.142. The third kappa shape index (κ3) is 21.0. The fraction of sp³-hybridized carbons (Fsp3) is 0.651. The van der Waals surface area contributed by atoms with Gasteiger partial charge in [-0.3, -0.25) is 38.6 Å². The average Bonchev–Trinajstić information content (AvgIpc) is 3.20. The lowest BCUT2D eigenvalue weighted by Crippen LogP contribution is -2.62. The number of hydrogen-bond donors (Lipinski definition) is 13. The maximum absolute atomic E-state index is 13.9. The van der Waals surface area contributed by atoms with E-state index in [2.05, 4.69) is 42.2 Å². The summed E-state index contributed by atoms with van der Waals surface area (Å²) < 4.78 is 0. The van der Waals surface area contributed by atoms with E-state index in [1.165, 1.54) is 31.2 Å². The van der Waals surface area contributed by atoms with E-state index in [4.69, 9.17) is 17.2 Å². The summed E-state index contributed by atoms with van der Waals surface area (Å²) in [5, 5.41) is 47.7. The maximum Gasteiger partial charge on any atom is 0.326 e. The van der Waals surface area contributed by atoms with E-state index in [-0.39, 0.29) is 62.2 Å². The first-order valence-electron chi connectivity index (χ1n) is 21.8. The maximum atomic E-state index is 13.9. The largest absolute Gasteiger partial charge is 0.508 e. The first-order valence-corrected chi connectivity index (χ1v) is 21.8. The van der Waals surface area contributed by atoms with Gasteiger partial charge in [-0.05, 0) is 74.0 Å². The van der Waals surface area contributed by atoms with Crippen molar-refractivity contribution < 1.29 is 53.7 Å². The molecule has 16 N–H and O–H groups in total. The SMILES string of the molecule is CC(C)C[C@H](NC(=O)[C@H](C)N)C(=O)N[C@@H](CC(C)C)C(=O)N[C@@H](CO)C(=O)N[C@H](C(=O)N[C@@H](CCCN=C(N)N)C(=O)N[C@H](C(=O)N[C@@H](Cc1ccc(O)cc1)C(=O)O)C(C)C)C(C)C. The third-order valence-corrected chi connectivity index (χ3v) is 9.97. The number of nitrogens with one attached hydrogen (secondary N) is 7. The Hall–Kier alpha value is -6.03. The number of aliphatic hydroxyl groups excluding tert-OH is 1. The van der Waals surface area contributed by atoms with Gasteiger partial charge in [-0.15, -0.1) is 0 Å². The zero-order chi connectivity index (χ0) is 49.7. The summed E-state index contributed by atoms with van der Waals surface area (Å²) in [4.78, 5) is 110. The van der Waals surface area contributed by atoms with Crippen molar-refractivity contribution in [3.63, 3.8) is 0 Å². The highest BCUT2D eigenvalue weighted by atomic mass is 16.4. The van der Waals surface area contributed by atoms with Gasteiger partial charge >= 0.3 is 5.97 Å². The molecule has 0 radical (unpaired) electrons. The van der Waals surface area contributed by atoms with Crippen LogP contribution in [0.15, 0.2) is 29.3 Å². The van der Waals surface area contributed by atoms with Gasteiger partial charge in [0.25, 0.3) is 0 Å². The highest BCUT2D eigenvalue weighted by Crippen LogP contribution is 2.14. The molecule has 1 aromatic rings. The van der Waals surface area contributed by atoms with Crippen LogP contribution in [0.2, 0.25) is 0 Å². The number of benzene rings is 1. The van der Waals surface area contributed by atoms with Gasteiger partial charge in [-0.2, -0.15) is 0 Å². The molecular formula is C43H73N11O11. The second-order valence-corrected chi connectivity index (χ2v) is 17.7. The molecule has 22 heteroatoms. The van der Waals surface area contributed by atoms with E-state index in [0.717, 1.165) is 0 Å². The molecule has 0 aromatic heterocycles. The van der Waals surface area contributed by atoms with E-state index in [9.17, 15) is 53.7 Å².